The fourth-order valence-corrected chi connectivity index (χ4v) is 0.355. The van der Waals surface area contributed by atoms with Gasteiger partial charge in [-0.1, -0.05) is 6.58 Å². The van der Waals surface area contributed by atoms with E-state index in [-0.39, 0.29) is 0 Å². The third-order valence-electron chi connectivity index (χ3n) is 0.853. The smallest absolute Gasteiger partial charge is 0.333 e. The van der Waals surface area contributed by atoms with Gasteiger partial charge in [0.25, 0.3) is 0 Å². The standard InChI is InChI=1S/C7H10O4/c1-5(7(9)11-3)4-6(8)10-2/h1,4H2,2-3H3/i2D3,3D3. The van der Waals surface area contributed by atoms with Crippen LogP contribution >= 0.6 is 0 Å². The molecule has 0 amide bonds. The quantitative estimate of drug-likeness (QED) is 0.444. The summed E-state index contributed by atoms with van der Waals surface area (Å²) in [4.78, 5) is 22.0. The molecule has 0 aliphatic rings. The zero-order chi connectivity index (χ0) is 13.9. The Hall–Kier alpha value is -1.32. The largest absolute Gasteiger partial charge is 0.469 e. The second kappa shape index (κ2) is 4.49. The van der Waals surface area contributed by atoms with Gasteiger partial charge in [0.15, 0.2) is 0 Å². The van der Waals surface area contributed by atoms with Gasteiger partial charge in [0.1, 0.15) is 0 Å². The predicted octanol–water partition coefficient (Wildman–Crippen LogP) is 0.279. The molecule has 0 N–H and O–H groups in total. The predicted molar refractivity (Wildman–Crippen MR) is 37.8 cm³/mol. The molecule has 0 aliphatic heterocycles. The number of esters is 2. The fourth-order valence-electron chi connectivity index (χ4n) is 0.355. The summed E-state index contributed by atoms with van der Waals surface area (Å²) < 4.78 is 47.6. The summed E-state index contributed by atoms with van der Waals surface area (Å²) in [5.41, 5.74) is -0.504. The van der Waals surface area contributed by atoms with E-state index in [9.17, 15) is 9.59 Å². The van der Waals surface area contributed by atoms with Crippen LogP contribution in [0.3, 0.4) is 0 Å². The molecule has 0 aromatic rings. The molecule has 0 aromatic carbocycles. The summed E-state index contributed by atoms with van der Waals surface area (Å²) in [5.74, 6) is -2.54. The van der Waals surface area contributed by atoms with Crippen LogP contribution in [0.15, 0.2) is 12.2 Å². The lowest BCUT2D eigenvalue weighted by molar-refractivity contribution is -0.143. The van der Waals surface area contributed by atoms with Gasteiger partial charge in [0.2, 0.25) is 0 Å². The molecular formula is C7H10O4. The lowest BCUT2D eigenvalue weighted by atomic mass is 10.2. The molecule has 0 saturated carbocycles. The lowest BCUT2D eigenvalue weighted by Gasteiger charge is -2.00. The van der Waals surface area contributed by atoms with E-state index < -0.39 is 38.0 Å². The van der Waals surface area contributed by atoms with Gasteiger partial charge in [-0.3, -0.25) is 4.79 Å². The molecule has 0 fully saturated rings. The van der Waals surface area contributed by atoms with E-state index in [2.05, 4.69) is 16.1 Å². The Morgan fingerprint density at radius 3 is 2.64 bits per heavy atom. The normalized spacial score (nSPS) is 18.9. The first-order chi connectivity index (χ1) is 7.41. The fraction of sp³-hybridized carbons (Fsp3) is 0.429. The topological polar surface area (TPSA) is 52.6 Å². The molecule has 0 unspecified atom stereocenters. The van der Waals surface area contributed by atoms with Crippen LogP contribution in [0.2, 0.25) is 0 Å². The van der Waals surface area contributed by atoms with Crippen LogP contribution in [0.1, 0.15) is 14.6 Å². The van der Waals surface area contributed by atoms with E-state index in [1.54, 1.807) is 0 Å². The van der Waals surface area contributed by atoms with Crippen molar-refractivity contribution >= 4 is 11.9 Å². The second-order valence-corrected chi connectivity index (χ2v) is 1.64. The minimum absolute atomic E-state index is 0.504. The van der Waals surface area contributed by atoms with Crippen molar-refractivity contribution in [2.75, 3.05) is 14.1 Å². The maximum absolute atomic E-state index is 11.0. The Labute approximate surface area is 73.2 Å². The van der Waals surface area contributed by atoms with Crippen molar-refractivity contribution in [2.24, 2.45) is 0 Å². The minimum Gasteiger partial charge on any atom is -0.469 e. The second-order valence-electron chi connectivity index (χ2n) is 1.64. The van der Waals surface area contributed by atoms with Crippen molar-refractivity contribution in [3.8, 4) is 0 Å². The van der Waals surface area contributed by atoms with Gasteiger partial charge in [0.05, 0.1) is 28.7 Å². The number of hydrogen-bond donors (Lipinski definition) is 0. The highest BCUT2D eigenvalue weighted by Crippen LogP contribution is 2.00. The SMILES string of the molecule is [2H]C([2H])([2H])OC(=O)CC(=C)C(=O)OC([2H])([2H])[2H]. The number of carbonyl (C=O) groups excluding carboxylic acids is 2. The Balaban J connectivity index is 4.28. The van der Waals surface area contributed by atoms with Gasteiger partial charge in [-0.05, 0) is 0 Å². The molecular weight excluding hydrogens is 148 g/mol. The number of ether oxygens (including phenoxy) is 2. The molecule has 0 radical (unpaired) electrons. The number of hydrogen-bond acceptors (Lipinski definition) is 4. The monoisotopic (exact) mass is 164 g/mol. The van der Waals surface area contributed by atoms with E-state index in [1.807, 2.05) is 0 Å². The number of rotatable bonds is 3. The summed E-state index contributed by atoms with van der Waals surface area (Å²) >= 11 is 0. The molecule has 0 atom stereocenters. The van der Waals surface area contributed by atoms with Gasteiger partial charge < -0.3 is 9.47 Å². The van der Waals surface area contributed by atoms with Crippen LogP contribution in [0.4, 0.5) is 0 Å². The van der Waals surface area contributed by atoms with Crippen molar-refractivity contribution in [3.05, 3.63) is 12.2 Å². The van der Waals surface area contributed by atoms with Gasteiger partial charge in [-0.2, -0.15) is 0 Å². The van der Waals surface area contributed by atoms with Crippen molar-refractivity contribution < 1.29 is 27.3 Å². The molecule has 0 aliphatic carbocycles. The average molecular weight is 164 g/mol. The molecule has 0 aromatic heterocycles. The van der Waals surface area contributed by atoms with Gasteiger partial charge in [0, 0.05) is 5.57 Å². The lowest BCUT2D eigenvalue weighted by Crippen LogP contribution is -2.09. The summed E-state index contributed by atoms with van der Waals surface area (Å²) in [7, 11) is -5.88. The Morgan fingerprint density at radius 2 is 2.09 bits per heavy atom. The molecule has 11 heavy (non-hydrogen) atoms. The Morgan fingerprint density at radius 1 is 1.45 bits per heavy atom. The first kappa shape index (κ1) is 3.38. The molecule has 4 nitrogen and oxygen atoms in total. The van der Waals surface area contributed by atoms with Crippen LogP contribution in [-0.2, 0) is 19.1 Å². The van der Waals surface area contributed by atoms with Crippen LogP contribution in [0.25, 0.3) is 0 Å². The van der Waals surface area contributed by atoms with Gasteiger partial charge in [-0.15, -0.1) is 0 Å². The van der Waals surface area contributed by atoms with Crippen LogP contribution < -0.4 is 0 Å². The first-order valence-corrected chi connectivity index (χ1v) is 2.54. The molecule has 62 valence electrons. The highest BCUT2D eigenvalue weighted by atomic mass is 16.5. The van der Waals surface area contributed by atoms with E-state index >= 15 is 0 Å². The summed E-state index contributed by atoms with van der Waals surface area (Å²) in [6, 6.07) is 0. The summed E-state index contributed by atoms with van der Waals surface area (Å²) in [6.07, 6.45) is -0.757. The maximum Gasteiger partial charge on any atom is 0.333 e. The highest BCUT2D eigenvalue weighted by molar-refractivity contribution is 5.93. The molecule has 0 saturated heterocycles. The molecule has 0 heterocycles. The van der Waals surface area contributed by atoms with Crippen LogP contribution in [-0.4, -0.2) is 26.0 Å². The van der Waals surface area contributed by atoms with Crippen LogP contribution in [0, 0.1) is 0 Å². The molecule has 0 bridgehead atoms. The van der Waals surface area contributed by atoms with E-state index in [0.29, 0.717) is 0 Å². The highest BCUT2D eigenvalue weighted by Gasteiger charge is 2.11. The number of methoxy groups -OCH3 is 2. The van der Waals surface area contributed by atoms with Crippen molar-refractivity contribution in [1.29, 1.82) is 0 Å². The first-order valence-electron chi connectivity index (χ1n) is 5.54. The van der Waals surface area contributed by atoms with E-state index in [1.165, 1.54) is 0 Å². The third-order valence-corrected chi connectivity index (χ3v) is 0.853. The molecule has 4 heteroatoms. The third kappa shape index (κ3) is 3.40. The van der Waals surface area contributed by atoms with Gasteiger partial charge >= 0.3 is 11.9 Å². The molecule has 0 rings (SSSR count). The minimum atomic E-state index is -2.95. The Kier molecular flexibility index (Phi) is 1.38. The maximum atomic E-state index is 11.0. The zero-order valence-electron chi connectivity index (χ0n) is 11.5. The summed E-state index contributed by atoms with van der Waals surface area (Å²) in [5, 5.41) is 0. The zero-order valence-corrected chi connectivity index (χ0v) is 5.55. The van der Waals surface area contributed by atoms with Crippen LogP contribution in [0.5, 0.6) is 0 Å². The van der Waals surface area contributed by atoms with Crippen molar-refractivity contribution in [3.63, 3.8) is 0 Å². The number of carbonyl (C=O) groups is 2. The van der Waals surface area contributed by atoms with Gasteiger partial charge in [-0.25, -0.2) is 4.79 Å². The van der Waals surface area contributed by atoms with Crippen molar-refractivity contribution in [1.82, 2.24) is 0 Å². The average Bonchev–Trinajstić information content (AvgIpc) is 1.95. The molecule has 0 spiro atoms. The van der Waals surface area contributed by atoms with E-state index in [4.69, 9.17) is 8.22 Å². The Bertz CT molecular complexity index is 328. The summed E-state index contributed by atoms with van der Waals surface area (Å²) in [6.45, 7) is 3.10. The van der Waals surface area contributed by atoms with E-state index in [0.717, 1.165) is 0 Å². The van der Waals surface area contributed by atoms with Crippen molar-refractivity contribution in [2.45, 2.75) is 6.42 Å².